The van der Waals surface area contributed by atoms with Crippen molar-refractivity contribution < 1.29 is 28.7 Å². The van der Waals surface area contributed by atoms with Gasteiger partial charge >= 0.3 is 5.97 Å². The van der Waals surface area contributed by atoms with Gasteiger partial charge in [0, 0.05) is 11.6 Å². The van der Waals surface area contributed by atoms with Gasteiger partial charge in [-0.3, -0.25) is 10.1 Å². The summed E-state index contributed by atoms with van der Waals surface area (Å²) in [6.45, 7) is 0.309. The summed E-state index contributed by atoms with van der Waals surface area (Å²) in [5.74, 6) is 0.834. The molecule has 0 aromatic heterocycles. The molecule has 0 fully saturated rings. The fourth-order valence-electron chi connectivity index (χ4n) is 3.36. The van der Waals surface area contributed by atoms with E-state index in [1.807, 2.05) is 30.3 Å². The van der Waals surface area contributed by atoms with Gasteiger partial charge < -0.3 is 18.9 Å². The standard InChI is InChI=1S/C24H19NO7/c1-29-22-12-18-19(13-23(22)30-2)24(26)32-21(18)11-16-10-17(8-9-20(16)25(27)28)31-14-15-6-4-3-5-7-15/h3-13H,14H2,1-2H3/b21-11+. The largest absolute Gasteiger partial charge is 0.493 e. The van der Waals surface area contributed by atoms with Crippen LogP contribution < -0.4 is 14.2 Å². The number of nitro benzene ring substituents is 1. The molecule has 0 radical (unpaired) electrons. The Bertz CT molecular complexity index is 1220. The van der Waals surface area contributed by atoms with Crippen LogP contribution in [0, 0.1) is 10.1 Å². The first-order valence-corrected chi connectivity index (χ1v) is 9.65. The zero-order valence-corrected chi connectivity index (χ0v) is 17.4. The predicted molar refractivity (Wildman–Crippen MR) is 117 cm³/mol. The molecule has 0 spiro atoms. The second-order valence-corrected chi connectivity index (χ2v) is 6.90. The Labute approximate surface area is 183 Å². The van der Waals surface area contributed by atoms with Gasteiger partial charge in [0.05, 0.1) is 30.3 Å². The molecule has 0 saturated carbocycles. The number of benzene rings is 3. The Balaban J connectivity index is 1.72. The minimum atomic E-state index is -0.577. The number of carbonyl (C=O) groups is 1. The Morgan fingerprint density at radius 2 is 1.66 bits per heavy atom. The third-order valence-corrected chi connectivity index (χ3v) is 4.94. The van der Waals surface area contributed by atoms with E-state index in [1.54, 1.807) is 12.1 Å². The van der Waals surface area contributed by atoms with Crippen molar-refractivity contribution in [2.45, 2.75) is 6.61 Å². The highest BCUT2D eigenvalue weighted by Gasteiger charge is 2.30. The number of cyclic esters (lactones) is 1. The molecule has 0 unspecified atom stereocenters. The van der Waals surface area contributed by atoms with Gasteiger partial charge in [0.1, 0.15) is 18.1 Å². The highest BCUT2D eigenvalue weighted by atomic mass is 16.6. The van der Waals surface area contributed by atoms with Crippen LogP contribution in [-0.2, 0) is 11.3 Å². The highest BCUT2D eigenvalue weighted by molar-refractivity contribution is 6.06. The molecule has 3 aromatic carbocycles. The lowest BCUT2D eigenvalue weighted by atomic mass is 10.0. The molecule has 1 heterocycles. The first-order valence-electron chi connectivity index (χ1n) is 9.65. The van der Waals surface area contributed by atoms with Crippen molar-refractivity contribution in [2.24, 2.45) is 0 Å². The molecule has 8 nitrogen and oxygen atoms in total. The van der Waals surface area contributed by atoms with Crippen LogP contribution in [-0.4, -0.2) is 25.1 Å². The van der Waals surface area contributed by atoms with Crippen LogP contribution in [0.3, 0.4) is 0 Å². The minimum absolute atomic E-state index is 0.144. The smallest absolute Gasteiger partial charge is 0.344 e. The molecular formula is C24H19NO7. The Kier molecular flexibility index (Phi) is 5.76. The fraction of sp³-hybridized carbons (Fsp3) is 0.125. The zero-order valence-electron chi connectivity index (χ0n) is 17.4. The summed E-state index contributed by atoms with van der Waals surface area (Å²) in [7, 11) is 2.94. The van der Waals surface area contributed by atoms with E-state index >= 15 is 0 Å². The normalized spacial score (nSPS) is 13.4. The lowest BCUT2D eigenvalue weighted by Crippen LogP contribution is -1.97. The molecule has 4 rings (SSSR count). The molecule has 162 valence electrons. The van der Waals surface area contributed by atoms with E-state index in [2.05, 4.69) is 0 Å². The number of esters is 1. The van der Waals surface area contributed by atoms with Gasteiger partial charge in [-0.25, -0.2) is 4.79 Å². The number of nitro groups is 1. The number of rotatable bonds is 7. The topological polar surface area (TPSA) is 97.1 Å². The van der Waals surface area contributed by atoms with Gasteiger partial charge in [0.2, 0.25) is 0 Å². The second kappa shape index (κ2) is 8.81. The lowest BCUT2D eigenvalue weighted by Gasteiger charge is -2.09. The van der Waals surface area contributed by atoms with Crippen LogP contribution in [0.5, 0.6) is 17.2 Å². The number of hydrogen-bond acceptors (Lipinski definition) is 7. The number of ether oxygens (including phenoxy) is 4. The maximum atomic E-state index is 12.4. The van der Waals surface area contributed by atoms with Crippen LogP contribution in [0.2, 0.25) is 0 Å². The van der Waals surface area contributed by atoms with Gasteiger partial charge in [-0.05, 0) is 35.9 Å². The quantitative estimate of drug-likeness (QED) is 0.298. The fourth-order valence-corrected chi connectivity index (χ4v) is 3.36. The molecule has 1 aliphatic heterocycles. The van der Waals surface area contributed by atoms with E-state index in [0.717, 1.165) is 5.56 Å². The Hall–Kier alpha value is -4.33. The number of methoxy groups -OCH3 is 2. The van der Waals surface area contributed by atoms with E-state index in [0.29, 0.717) is 29.4 Å². The molecule has 0 aliphatic carbocycles. The van der Waals surface area contributed by atoms with Gasteiger partial charge in [-0.2, -0.15) is 0 Å². The van der Waals surface area contributed by atoms with Crippen LogP contribution in [0.4, 0.5) is 5.69 Å². The van der Waals surface area contributed by atoms with Crippen molar-refractivity contribution in [3.8, 4) is 17.2 Å². The van der Waals surface area contributed by atoms with Crippen LogP contribution >= 0.6 is 0 Å². The predicted octanol–water partition coefficient (Wildman–Crippen LogP) is 4.86. The van der Waals surface area contributed by atoms with E-state index in [-0.39, 0.29) is 22.6 Å². The van der Waals surface area contributed by atoms with E-state index < -0.39 is 10.9 Å². The molecular weight excluding hydrogens is 414 g/mol. The molecule has 0 amide bonds. The van der Waals surface area contributed by atoms with Crippen molar-refractivity contribution >= 4 is 23.5 Å². The summed E-state index contributed by atoms with van der Waals surface area (Å²) < 4.78 is 21.7. The Morgan fingerprint density at radius 1 is 0.969 bits per heavy atom. The average Bonchev–Trinajstić information content (AvgIpc) is 3.11. The van der Waals surface area contributed by atoms with Crippen molar-refractivity contribution in [3.63, 3.8) is 0 Å². The molecule has 0 saturated heterocycles. The molecule has 1 aliphatic rings. The summed E-state index contributed by atoms with van der Waals surface area (Å²) in [6, 6.07) is 17.1. The summed E-state index contributed by atoms with van der Waals surface area (Å²) in [6.07, 6.45) is 1.45. The molecule has 32 heavy (non-hydrogen) atoms. The van der Waals surface area contributed by atoms with Crippen LogP contribution in [0.15, 0.2) is 60.7 Å². The third-order valence-electron chi connectivity index (χ3n) is 4.94. The maximum Gasteiger partial charge on any atom is 0.344 e. The van der Waals surface area contributed by atoms with E-state index in [1.165, 1.54) is 38.5 Å². The van der Waals surface area contributed by atoms with Crippen molar-refractivity contribution in [2.75, 3.05) is 14.2 Å². The summed E-state index contributed by atoms with van der Waals surface area (Å²) in [4.78, 5) is 23.4. The molecule has 0 atom stereocenters. The lowest BCUT2D eigenvalue weighted by molar-refractivity contribution is -0.385. The highest BCUT2D eigenvalue weighted by Crippen LogP contribution is 2.40. The molecule has 0 bridgehead atoms. The van der Waals surface area contributed by atoms with Crippen LogP contribution in [0.1, 0.15) is 27.0 Å². The number of nitrogens with zero attached hydrogens (tertiary/aromatic N) is 1. The van der Waals surface area contributed by atoms with E-state index in [4.69, 9.17) is 18.9 Å². The Morgan fingerprint density at radius 3 is 2.31 bits per heavy atom. The minimum Gasteiger partial charge on any atom is -0.493 e. The first-order chi connectivity index (χ1) is 15.5. The van der Waals surface area contributed by atoms with Crippen molar-refractivity contribution in [3.05, 3.63) is 93.0 Å². The second-order valence-electron chi connectivity index (χ2n) is 6.90. The third kappa shape index (κ3) is 4.11. The molecule has 8 heteroatoms. The van der Waals surface area contributed by atoms with E-state index in [9.17, 15) is 14.9 Å². The van der Waals surface area contributed by atoms with Gasteiger partial charge in [-0.15, -0.1) is 0 Å². The van der Waals surface area contributed by atoms with Crippen LogP contribution in [0.25, 0.3) is 11.8 Å². The van der Waals surface area contributed by atoms with Crippen molar-refractivity contribution in [1.82, 2.24) is 0 Å². The first kappa shape index (κ1) is 20.9. The number of carbonyl (C=O) groups excluding carboxylic acids is 1. The molecule has 3 aromatic rings. The monoisotopic (exact) mass is 433 g/mol. The maximum absolute atomic E-state index is 12.4. The van der Waals surface area contributed by atoms with Gasteiger partial charge in [0.15, 0.2) is 11.5 Å². The summed E-state index contributed by atoms with van der Waals surface area (Å²) in [5, 5.41) is 11.6. The average molecular weight is 433 g/mol. The number of hydrogen-bond donors (Lipinski definition) is 0. The zero-order chi connectivity index (χ0) is 22.7. The van der Waals surface area contributed by atoms with Gasteiger partial charge in [0.25, 0.3) is 5.69 Å². The van der Waals surface area contributed by atoms with Crippen molar-refractivity contribution in [1.29, 1.82) is 0 Å². The molecule has 0 N–H and O–H groups in total. The number of fused-ring (bicyclic) bond motifs is 1. The summed E-state index contributed by atoms with van der Waals surface area (Å²) >= 11 is 0. The summed E-state index contributed by atoms with van der Waals surface area (Å²) in [5.41, 5.74) is 1.80. The van der Waals surface area contributed by atoms with Gasteiger partial charge in [-0.1, -0.05) is 30.3 Å². The SMILES string of the molecule is COc1cc2c(cc1OC)/C(=C\c1cc(OCc3ccccc3)ccc1[N+](=O)[O-])OC2=O.